The molecule has 7 heteroatoms. The minimum atomic E-state index is -1.04. The highest BCUT2D eigenvalue weighted by Gasteiger charge is 2.46. The van der Waals surface area contributed by atoms with Crippen LogP contribution in [0.1, 0.15) is 11.3 Å². The number of aromatic nitrogens is 3. The molecule has 0 amide bonds. The third kappa shape index (κ3) is 4.05. The van der Waals surface area contributed by atoms with Gasteiger partial charge < -0.3 is 10.0 Å². The second-order valence-corrected chi connectivity index (χ2v) is 7.46. The minimum Gasteiger partial charge on any atom is -0.380 e. The molecule has 1 N–H and O–H groups in total. The van der Waals surface area contributed by atoms with E-state index in [4.69, 9.17) is 14.6 Å². The molecule has 2 aromatic heterocycles. The normalized spacial score (nSPS) is 14.2. The second-order valence-electron chi connectivity index (χ2n) is 7.46. The SMILES string of the molecule is Cc1cccc(-c2nccnc2C2(O)CN(c3ccc4ccccc4n3)C2)c1.O=C=O. The molecule has 7 nitrogen and oxygen atoms in total. The van der Waals surface area contributed by atoms with Crippen molar-refractivity contribution < 1.29 is 14.7 Å². The second kappa shape index (κ2) is 8.44. The van der Waals surface area contributed by atoms with Gasteiger partial charge in [-0.3, -0.25) is 9.97 Å². The third-order valence-corrected chi connectivity index (χ3v) is 5.24. The largest absolute Gasteiger partial charge is 0.380 e. The molecular formula is C24H20N4O3. The average molecular weight is 412 g/mol. The first-order chi connectivity index (χ1) is 15.0. The summed E-state index contributed by atoms with van der Waals surface area (Å²) < 4.78 is 0. The Morgan fingerprint density at radius 2 is 1.71 bits per heavy atom. The summed E-state index contributed by atoms with van der Waals surface area (Å²) >= 11 is 0. The molecule has 0 unspecified atom stereocenters. The molecule has 0 aliphatic carbocycles. The van der Waals surface area contributed by atoms with Crippen molar-refractivity contribution in [3.63, 3.8) is 0 Å². The first-order valence-electron chi connectivity index (χ1n) is 9.75. The van der Waals surface area contributed by atoms with Crippen LogP contribution in [0.4, 0.5) is 5.82 Å². The van der Waals surface area contributed by atoms with Crippen LogP contribution < -0.4 is 4.90 Å². The molecule has 31 heavy (non-hydrogen) atoms. The van der Waals surface area contributed by atoms with Crippen LogP contribution in [0, 0.1) is 6.92 Å². The predicted octanol–water partition coefficient (Wildman–Crippen LogP) is 3.12. The highest BCUT2D eigenvalue weighted by Crippen LogP contribution is 2.38. The Morgan fingerprint density at radius 1 is 0.968 bits per heavy atom. The maximum absolute atomic E-state index is 11.3. The molecule has 154 valence electrons. The number of carbonyl (C=O) groups excluding carboxylic acids is 2. The molecule has 5 rings (SSSR count). The Balaban J connectivity index is 0.000000730. The summed E-state index contributed by atoms with van der Waals surface area (Å²) in [5.74, 6) is 0.865. The van der Waals surface area contributed by atoms with Gasteiger partial charge in [0.05, 0.1) is 24.3 Å². The molecule has 0 bridgehead atoms. The Bertz CT molecular complexity index is 1260. The number of para-hydroxylation sites is 1. The van der Waals surface area contributed by atoms with Crippen LogP contribution in [0.3, 0.4) is 0 Å². The van der Waals surface area contributed by atoms with E-state index in [1.54, 1.807) is 12.4 Å². The molecule has 2 aromatic carbocycles. The molecule has 0 saturated carbocycles. The fraction of sp³-hybridized carbons (Fsp3) is 0.167. The lowest BCUT2D eigenvalue weighted by Gasteiger charge is -2.47. The zero-order valence-corrected chi connectivity index (χ0v) is 16.9. The lowest BCUT2D eigenvalue weighted by molar-refractivity contribution is -0.191. The topological polar surface area (TPSA) is 96.3 Å². The van der Waals surface area contributed by atoms with Gasteiger partial charge in [0.25, 0.3) is 0 Å². The molecule has 1 aliphatic rings. The monoisotopic (exact) mass is 412 g/mol. The Morgan fingerprint density at radius 3 is 2.48 bits per heavy atom. The smallest absolute Gasteiger partial charge is 0.373 e. The number of aryl methyl sites for hydroxylation is 1. The molecule has 3 heterocycles. The molecule has 4 aromatic rings. The van der Waals surface area contributed by atoms with Crippen molar-refractivity contribution in [3.05, 3.63) is 84.3 Å². The Hall–Kier alpha value is -3.93. The average Bonchev–Trinajstić information content (AvgIpc) is 2.77. The van der Waals surface area contributed by atoms with E-state index in [0.29, 0.717) is 18.8 Å². The van der Waals surface area contributed by atoms with Crippen LogP contribution in [-0.4, -0.2) is 39.3 Å². The number of β-amino-alcohol motifs (C(OH)–C–C–N with tert-alkyl or cyclic N) is 1. The van der Waals surface area contributed by atoms with Crippen LogP contribution in [0.2, 0.25) is 0 Å². The van der Waals surface area contributed by atoms with Crippen LogP contribution in [0.15, 0.2) is 73.1 Å². The van der Waals surface area contributed by atoms with Gasteiger partial charge in [-0.2, -0.15) is 9.59 Å². The maximum atomic E-state index is 11.3. The fourth-order valence-corrected chi connectivity index (χ4v) is 3.81. The van der Waals surface area contributed by atoms with Gasteiger partial charge in [0.2, 0.25) is 0 Å². The molecule has 1 saturated heterocycles. The summed E-state index contributed by atoms with van der Waals surface area (Å²) in [6.07, 6.45) is 3.56. The van der Waals surface area contributed by atoms with Crippen LogP contribution in [-0.2, 0) is 15.2 Å². The summed E-state index contributed by atoms with van der Waals surface area (Å²) in [5, 5.41) is 12.4. The Labute approximate surface area is 179 Å². The van der Waals surface area contributed by atoms with Gasteiger partial charge in [-0.1, -0.05) is 42.0 Å². The number of hydrogen-bond donors (Lipinski definition) is 1. The number of rotatable bonds is 3. The van der Waals surface area contributed by atoms with E-state index in [1.807, 2.05) is 55.5 Å². The predicted molar refractivity (Wildman–Crippen MR) is 115 cm³/mol. The quantitative estimate of drug-likeness (QED) is 0.552. The number of anilines is 1. The molecule has 0 spiro atoms. The van der Waals surface area contributed by atoms with E-state index in [-0.39, 0.29) is 6.15 Å². The molecular weight excluding hydrogens is 392 g/mol. The van der Waals surface area contributed by atoms with Crippen LogP contribution in [0.25, 0.3) is 22.2 Å². The van der Waals surface area contributed by atoms with Gasteiger partial charge in [0.15, 0.2) is 0 Å². The van der Waals surface area contributed by atoms with Gasteiger partial charge in [-0.05, 0) is 31.2 Å². The van der Waals surface area contributed by atoms with E-state index in [9.17, 15) is 5.11 Å². The summed E-state index contributed by atoms with van der Waals surface area (Å²) in [7, 11) is 0. The van der Waals surface area contributed by atoms with Gasteiger partial charge in [-0.25, -0.2) is 4.98 Å². The first kappa shape index (κ1) is 20.3. The van der Waals surface area contributed by atoms with E-state index in [0.717, 1.165) is 33.5 Å². The summed E-state index contributed by atoms with van der Waals surface area (Å²) in [6.45, 7) is 2.93. The van der Waals surface area contributed by atoms with E-state index in [2.05, 4.69) is 27.0 Å². The molecule has 0 atom stereocenters. The summed E-state index contributed by atoms with van der Waals surface area (Å²) in [6, 6.07) is 20.2. The summed E-state index contributed by atoms with van der Waals surface area (Å²) in [5.41, 5.74) is 3.39. The first-order valence-corrected chi connectivity index (χ1v) is 9.75. The lowest BCUT2D eigenvalue weighted by Crippen LogP contribution is -2.60. The highest BCUT2D eigenvalue weighted by atomic mass is 16.3. The number of benzene rings is 2. The van der Waals surface area contributed by atoms with E-state index >= 15 is 0 Å². The van der Waals surface area contributed by atoms with Crippen molar-refractivity contribution in [1.82, 2.24) is 15.0 Å². The van der Waals surface area contributed by atoms with Crippen molar-refractivity contribution in [2.24, 2.45) is 0 Å². The molecule has 1 fully saturated rings. The zero-order valence-electron chi connectivity index (χ0n) is 16.9. The molecule has 1 aliphatic heterocycles. The highest BCUT2D eigenvalue weighted by molar-refractivity contribution is 5.80. The van der Waals surface area contributed by atoms with E-state index < -0.39 is 5.60 Å². The zero-order chi connectivity index (χ0) is 21.8. The number of fused-ring (bicyclic) bond motifs is 1. The van der Waals surface area contributed by atoms with Crippen LogP contribution in [0.5, 0.6) is 0 Å². The van der Waals surface area contributed by atoms with Crippen molar-refractivity contribution in [3.8, 4) is 11.3 Å². The van der Waals surface area contributed by atoms with E-state index in [1.165, 1.54) is 0 Å². The van der Waals surface area contributed by atoms with Gasteiger partial charge in [0, 0.05) is 23.3 Å². The van der Waals surface area contributed by atoms with Crippen molar-refractivity contribution in [1.29, 1.82) is 0 Å². The fourth-order valence-electron chi connectivity index (χ4n) is 3.81. The third-order valence-electron chi connectivity index (χ3n) is 5.24. The van der Waals surface area contributed by atoms with Crippen LogP contribution >= 0.6 is 0 Å². The van der Waals surface area contributed by atoms with Crippen molar-refractivity contribution in [2.75, 3.05) is 18.0 Å². The number of aliphatic hydroxyl groups is 1. The van der Waals surface area contributed by atoms with Crippen molar-refractivity contribution >= 4 is 22.9 Å². The Kier molecular flexibility index (Phi) is 5.54. The standard InChI is InChI=1S/C23H20N4O.CO2/c1-16-5-4-7-18(13-16)21-22(25-12-11-24-21)23(28)14-27(15-23)20-10-9-17-6-2-3-8-19(17)26-20;2-1-3/h2-13,28H,14-15H2,1H3;. The number of pyridine rings is 1. The molecule has 0 radical (unpaired) electrons. The maximum Gasteiger partial charge on any atom is 0.373 e. The lowest BCUT2D eigenvalue weighted by atomic mass is 9.87. The van der Waals surface area contributed by atoms with Gasteiger partial charge in [-0.15, -0.1) is 0 Å². The summed E-state index contributed by atoms with van der Waals surface area (Å²) in [4.78, 5) is 32.1. The number of nitrogens with zero attached hydrogens (tertiary/aromatic N) is 4. The van der Waals surface area contributed by atoms with Gasteiger partial charge in [0.1, 0.15) is 17.1 Å². The number of hydrogen-bond acceptors (Lipinski definition) is 7. The van der Waals surface area contributed by atoms with Crippen molar-refractivity contribution in [2.45, 2.75) is 12.5 Å². The minimum absolute atomic E-state index is 0.250. The van der Waals surface area contributed by atoms with Gasteiger partial charge >= 0.3 is 6.15 Å².